The minimum Gasteiger partial charge on any atom is -0.396 e. The lowest BCUT2D eigenvalue weighted by atomic mass is 10.1. The van der Waals surface area contributed by atoms with Gasteiger partial charge in [0.15, 0.2) is 0 Å². The maximum Gasteiger partial charge on any atom is 0.295 e. The van der Waals surface area contributed by atoms with Crippen LogP contribution in [0, 0.1) is 0 Å². The third-order valence-electron chi connectivity index (χ3n) is 4.39. The molecule has 3 aromatic carbocycles. The highest BCUT2D eigenvalue weighted by Crippen LogP contribution is 2.36. The molecule has 1 heterocycles. The normalized spacial score (nSPS) is 11.9. The predicted molar refractivity (Wildman–Crippen MR) is 112 cm³/mol. The molecule has 0 aliphatic carbocycles. The van der Waals surface area contributed by atoms with E-state index in [9.17, 15) is 13.0 Å². The second kappa shape index (κ2) is 7.42. The molecule has 0 unspecified atom stereocenters. The lowest BCUT2D eigenvalue weighted by Crippen LogP contribution is -2.01. The summed E-state index contributed by atoms with van der Waals surface area (Å²) in [5.41, 5.74) is 8.81. The van der Waals surface area contributed by atoms with Gasteiger partial charge >= 0.3 is 0 Å². The minimum absolute atomic E-state index is 0.142. The van der Waals surface area contributed by atoms with E-state index in [1.54, 1.807) is 36.5 Å². The van der Waals surface area contributed by atoms with E-state index in [-0.39, 0.29) is 16.3 Å². The maximum absolute atomic E-state index is 11.8. The largest absolute Gasteiger partial charge is 0.396 e. The predicted octanol–water partition coefficient (Wildman–Crippen LogP) is 5.15. The summed E-state index contributed by atoms with van der Waals surface area (Å²) in [6.07, 6.45) is 1.56. The number of aromatic nitrogens is 1. The van der Waals surface area contributed by atoms with E-state index in [0.717, 1.165) is 11.3 Å². The zero-order valence-electron chi connectivity index (χ0n) is 15.1. The number of rotatable bonds is 4. The van der Waals surface area contributed by atoms with Gasteiger partial charge in [0, 0.05) is 16.3 Å². The number of nitrogens with zero attached hydrogens (tertiary/aromatic N) is 3. The van der Waals surface area contributed by atoms with Gasteiger partial charge in [0.1, 0.15) is 16.3 Å². The van der Waals surface area contributed by atoms with Gasteiger partial charge in [-0.3, -0.25) is 9.54 Å². The van der Waals surface area contributed by atoms with Crippen molar-refractivity contribution in [3.63, 3.8) is 0 Å². The van der Waals surface area contributed by atoms with Gasteiger partial charge in [-0.05, 0) is 18.2 Å². The molecule has 8 heteroatoms. The average molecular weight is 404 g/mol. The van der Waals surface area contributed by atoms with E-state index in [4.69, 9.17) is 5.73 Å². The summed E-state index contributed by atoms with van der Waals surface area (Å²) in [7, 11) is -4.46. The molecule has 0 saturated heterocycles. The van der Waals surface area contributed by atoms with Crippen LogP contribution in [0.5, 0.6) is 0 Å². The van der Waals surface area contributed by atoms with Crippen molar-refractivity contribution in [2.75, 3.05) is 5.73 Å². The molecule has 0 radical (unpaired) electrons. The van der Waals surface area contributed by atoms with Crippen molar-refractivity contribution in [2.45, 2.75) is 4.90 Å². The second-order valence-electron chi connectivity index (χ2n) is 6.30. The summed E-state index contributed by atoms with van der Waals surface area (Å²) in [5, 5.41) is 8.98. The highest BCUT2D eigenvalue weighted by molar-refractivity contribution is 7.86. The first kappa shape index (κ1) is 18.7. The molecule has 0 atom stereocenters. The lowest BCUT2D eigenvalue weighted by molar-refractivity contribution is 0.484. The fraction of sp³-hybridized carbons (Fsp3) is 0. The van der Waals surface area contributed by atoms with Crippen molar-refractivity contribution in [3.05, 3.63) is 79.0 Å². The fourth-order valence-corrected chi connectivity index (χ4v) is 3.70. The van der Waals surface area contributed by atoms with Gasteiger partial charge in [0.2, 0.25) is 0 Å². The number of hydrogen-bond acceptors (Lipinski definition) is 6. The molecule has 1 aromatic heterocycles. The van der Waals surface area contributed by atoms with E-state index < -0.39 is 10.1 Å². The van der Waals surface area contributed by atoms with E-state index in [1.165, 1.54) is 6.07 Å². The van der Waals surface area contributed by atoms with Crippen molar-refractivity contribution in [3.8, 4) is 11.3 Å². The number of pyridine rings is 1. The van der Waals surface area contributed by atoms with Crippen molar-refractivity contribution in [1.29, 1.82) is 0 Å². The second-order valence-corrected chi connectivity index (χ2v) is 7.69. The molecule has 0 saturated carbocycles. The summed E-state index contributed by atoms with van der Waals surface area (Å²) in [6.45, 7) is 0. The Morgan fingerprint density at radius 3 is 2.21 bits per heavy atom. The van der Waals surface area contributed by atoms with Crippen LogP contribution < -0.4 is 5.73 Å². The summed E-state index contributed by atoms with van der Waals surface area (Å²) < 4.78 is 33.2. The average Bonchev–Trinajstić information content (AvgIpc) is 2.73. The van der Waals surface area contributed by atoms with Crippen LogP contribution in [0.1, 0.15) is 0 Å². The van der Waals surface area contributed by atoms with Gasteiger partial charge in [0.05, 0.1) is 17.6 Å². The molecule has 0 amide bonds. The molecule has 144 valence electrons. The van der Waals surface area contributed by atoms with Crippen LogP contribution in [0.15, 0.2) is 94.1 Å². The van der Waals surface area contributed by atoms with Crippen LogP contribution in [0.2, 0.25) is 0 Å². The first-order chi connectivity index (χ1) is 13.9. The van der Waals surface area contributed by atoms with Crippen LogP contribution in [0.3, 0.4) is 0 Å². The van der Waals surface area contributed by atoms with E-state index >= 15 is 0 Å². The number of anilines is 1. The Bertz CT molecular complexity index is 1320. The van der Waals surface area contributed by atoms with Crippen LogP contribution in [-0.4, -0.2) is 18.0 Å². The monoisotopic (exact) mass is 404 g/mol. The van der Waals surface area contributed by atoms with Crippen LogP contribution >= 0.6 is 0 Å². The topological polar surface area (TPSA) is 118 Å². The molecule has 0 bridgehead atoms. The van der Waals surface area contributed by atoms with Gasteiger partial charge < -0.3 is 5.73 Å². The Balaban J connectivity index is 1.72. The molecule has 0 spiro atoms. The van der Waals surface area contributed by atoms with Gasteiger partial charge in [-0.2, -0.15) is 8.42 Å². The molecule has 7 nitrogen and oxygen atoms in total. The molecular weight excluding hydrogens is 388 g/mol. The molecule has 0 aliphatic rings. The maximum atomic E-state index is 11.8. The van der Waals surface area contributed by atoms with Crippen LogP contribution in [0.25, 0.3) is 22.0 Å². The number of nitrogens with two attached hydrogens (primary N) is 1. The number of hydrogen-bond donors (Lipinski definition) is 2. The van der Waals surface area contributed by atoms with Gasteiger partial charge in [0.25, 0.3) is 10.1 Å². The molecular formula is C21H16N4O3S. The molecule has 29 heavy (non-hydrogen) atoms. The standard InChI is InChI=1S/C21H16N4O3S/c22-21-17-9-5-4-8-16(17)20(29(26,27)28)12-19(21)25-24-15-10-11-18(23-13-15)14-6-2-1-3-7-14/h1-13H,22H2,(H,26,27,28)/b25-24+. The Hall–Kier alpha value is -3.62. The number of nitrogen functional groups attached to an aromatic ring is 1. The first-order valence-electron chi connectivity index (χ1n) is 8.65. The molecule has 4 rings (SSSR count). The van der Waals surface area contributed by atoms with Crippen molar-refractivity contribution >= 4 is 38.0 Å². The summed E-state index contributed by atoms with van der Waals surface area (Å²) in [5.74, 6) is 0. The summed E-state index contributed by atoms with van der Waals surface area (Å²) >= 11 is 0. The van der Waals surface area contributed by atoms with Crippen LogP contribution in [-0.2, 0) is 10.1 Å². The smallest absolute Gasteiger partial charge is 0.295 e. The van der Waals surface area contributed by atoms with E-state index in [1.807, 2.05) is 36.4 Å². The van der Waals surface area contributed by atoms with Crippen molar-refractivity contribution in [1.82, 2.24) is 4.98 Å². The third kappa shape index (κ3) is 3.84. The third-order valence-corrected chi connectivity index (χ3v) is 5.29. The quantitative estimate of drug-likeness (QED) is 0.277. The Morgan fingerprint density at radius 2 is 1.55 bits per heavy atom. The van der Waals surface area contributed by atoms with Gasteiger partial charge in [-0.1, -0.05) is 54.6 Å². The van der Waals surface area contributed by atoms with E-state index in [2.05, 4.69) is 15.2 Å². The molecule has 0 aliphatic heterocycles. The molecule has 3 N–H and O–H groups in total. The highest BCUT2D eigenvalue weighted by Gasteiger charge is 2.18. The van der Waals surface area contributed by atoms with E-state index in [0.29, 0.717) is 16.5 Å². The lowest BCUT2D eigenvalue weighted by Gasteiger charge is -2.09. The van der Waals surface area contributed by atoms with Gasteiger partial charge in [-0.15, -0.1) is 10.2 Å². The highest BCUT2D eigenvalue weighted by atomic mass is 32.2. The molecule has 4 aromatic rings. The Labute approximate surface area is 167 Å². The Kier molecular flexibility index (Phi) is 4.79. The zero-order valence-corrected chi connectivity index (χ0v) is 15.9. The fourth-order valence-electron chi connectivity index (χ4n) is 2.98. The minimum atomic E-state index is -4.46. The number of fused-ring (bicyclic) bond motifs is 1. The zero-order chi connectivity index (χ0) is 20.4. The summed E-state index contributed by atoms with van der Waals surface area (Å²) in [6, 6.07) is 21.1. The van der Waals surface area contributed by atoms with Crippen molar-refractivity contribution < 1.29 is 13.0 Å². The molecule has 0 fully saturated rings. The van der Waals surface area contributed by atoms with Crippen LogP contribution in [0.4, 0.5) is 17.1 Å². The van der Waals surface area contributed by atoms with Crippen molar-refractivity contribution in [2.24, 2.45) is 10.2 Å². The Morgan fingerprint density at radius 1 is 0.862 bits per heavy atom. The summed E-state index contributed by atoms with van der Waals surface area (Å²) in [4.78, 5) is 4.10. The van der Waals surface area contributed by atoms with Gasteiger partial charge in [-0.25, -0.2) is 0 Å². The SMILES string of the molecule is Nc1c(/N=N/c2ccc(-c3ccccc3)nc2)cc(S(=O)(=O)O)c2ccccc12. The first-order valence-corrected chi connectivity index (χ1v) is 10.1. The number of benzene rings is 3. The number of azo groups is 1.